The van der Waals surface area contributed by atoms with E-state index >= 15 is 0 Å². The van der Waals surface area contributed by atoms with Gasteiger partial charge in [0.15, 0.2) is 5.16 Å². The van der Waals surface area contributed by atoms with E-state index in [9.17, 15) is 9.59 Å². The Balaban J connectivity index is 2.10. The van der Waals surface area contributed by atoms with Crippen molar-refractivity contribution < 1.29 is 9.53 Å². The number of hydrogen-bond acceptors (Lipinski definition) is 5. The van der Waals surface area contributed by atoms with Crippen LogP contribution < -0.4 is 5.56 Å². The molecule has 0 bridgehead atoms. The summed E-state index contributed by atoms with van der Waals surface area (Å²) < 4.78 is 5.45. The lowest BCUT2D eigenvalue weighted by Gasteiger charge is -2.29. The lowest BCUT2D eigenvalue weighted by molar-refractivity contribution is -0.158. The summed E-state index contributed by atoms with van der Waals surface area (Å²) in [5.74, 6) is 1.13. The van der Waals surface area contributed by atoms with E-state index in [1.165, 1.54) is 12.3 Å². The van der Waals surface area contributed by atoms with Crippen LogP contribution in [0.4, 0.5) is 0 Å². The van der Waals surface area contributed by atoms with Crippen LogP contribution in [-0.2, 0) is 9.53 Å². The summed E-state index contributed by atoms with van der Waals surface area (Å²) in [6, 6.07) is 1.41. The second kappa shape index (κ2) is 10.5. The van der Waals surface area contributed by atoms with Crippen molar-refractivity contribution in [1.82, 2.24) is 9.97 Å². The van der Waals surface area contributed by atoms with Gasteiger partial charge in [-0.25, -0.2) is 4.98 Å². The molecule has 136 valence electrons. The lowest BCUT2D eigenvalue weighted by Crippen LogP contribution is -2.34. The highest BCUT2D eigenvalue weighted by Crippen LogP contribution is 2.32. The summed E-state index contributed by atoms with van der Waals surface area (Å²) in [4.78, 5) is 30.1. The predicted molar refractivity (Wildman–Crippen MR) is 98.2 cm³/mol. The van der Waals surface area contributed by atoms with Gasteiger partial charge in [-0.3, -0.25) is 9.59 Å². The average Bonchev–Trinajstić information content (AvgIpc) is 2.56. The van der Waals surface area contributed by atoms with Crippen LogP contribution in [0, 0.1) is 11.3 Å². The van der Waals surface area contributed by atoms with Crippen LogP contribution in [0.3, 0.4) is 0 Å². The number of carbonyl (C=O) groups is 1. The minimum Gasteiger partial charge on any atom is -0.465 e. The van der Waals surface area contributed by atoms with Crippen LogP contribution in [0.1, 0.15) is 59.8 Å². The summed E-state index contributed by atoms with van der Waals surface area (Å²) in [5, 5.41) is 0.670. The van der Waals surface area contributed by atoms with Gasteiger partial charge in [-0.05, 0) is 32.1 Å². The normalized spacial score (nSPS) is 13.7. The van der Waals surface area contributed by atoms with Gasteiger partial charge in [0.2, 0.25) is 0 Å². The molecular formula is C18H30N2O3S. The molecule has 1 aromatic heterocycles. The highest BCUT2D eigenvalue weighted by Gasteiger charge is 2.36. The van der Waals surface area contributed by atoms with E-state index in [1.54, 1.807) is 11.8 Å². The quantitative estimate of drug-likeness (QED) is 0.281. The van der Waals surface area contributed by atoms with E-state index in [0.717, 1.165) is 37.9 Å². The molecule has 0 aromatic carbocycles. The van der Waals surface area contributed by atoms with E-state index in [2.05, 4.69) is 23.8 Å². The molecule has 5 nitrogen and oxygen atoms in total. The van der Waals surface area contributed by atoms with E-state index in [4.69, 9.17) is 4.74 Å². The zero-order valence-electron chi connectivity index (χ0n) is 15.3. The number of unbranched alkanes of at least 4 members (excludes halogenated alkanes) is 3. The third kappa shape index (κ3) is 6.67. The Bertz CT molecular complexity index is 559. The predicted octanol–water partition coefficient (Wildman–Crippen LogP) is 4.04. The molecule has 1 atom stereocenters. The molecule has 1 rings (SSSR count). The molecule has 0 fully saturated rings. The van der Waals surface area contributed by atoms with Gasteiger partial charge in [0.05, 0.1) is 12.0 Å². The third-order valence-corrected chi connectivity index (χ3v) is 5.61. The zero-order chi connectivity index (χ0) is 18.0. The minimum atomic E-state index is -0.379. The fourth-order valence-corrected chi connectivity index (χ4v) is 3.12. The number of hydrogen-bond donors (Lipinski definition) is 1. The highest BCUT2D eigenvalue weighted by atomic mass is 32.2. The average molecular weight is 355 g/mol. The van der Waals surface area contributed by atoms with Crippen molar-refractivity contribution >= 4 is 17.7 Å². The van der Waals surface area contributed by atoms with E-state index in [-0.39, 0.29) is 22.9 Å². The Morgan fingerprint density at radius 3 is 2.67 bits per heavy atom. The first kappa shape index (κ1) is 20.7. The van der Waals surface area contributed by atoms with E-state index < -0.39 is 0 Å². The Morgan fingerprint density at radius 2 is 2.04 bits per heavy atom. The van der Waals surface area contributed by atoms with Crippen molar-refractivity contribution in [3.05, 3.63) is 22.6 Å². The van der Waals surface area contributed by atoms with E-state index in [0.29, 0.717) is 11.8 Å². The van der Waals surface area contributed by atoms with Crippen molar-refractivity contribution in [2.75, 3.05) is 12.4 Å². The molecule has 0 saturated carbocycles. The molecule has 0 aliphatic rings. The molecular weight excluding hydrogens is 324 g/mol. The van der Waals surface area contributed by atoms with Crippen LogP contribution in [0.2, 0.25) is 0 Å². The summed E-state index contributed by atoms with van der Waals surface area (Å²) >= 11 is 1.56. The molecule has 1 N–H and O–H groups in total. The number of rotatable bonds is 11. The Kier molecular flexibility index (Phi) is 9.11. The number of H-pyrrole nitrogens is 1. The third-order valence-electron chi connectivity index (χ3n) is 4.63. The van der Waals surface area contributed by atoms with Gasteiger partial charge in [-0.2, -0.15) is 0 Å². The first-order valence-corrected chi connectivity index (χ1v) is 9.74. The van der Waals surface area contributed by atoms with Crippen molar-refractivity contribution in [3.8, 4) is 0 Å². The van der Waals surface area contributed by atoms with Crippen molar-refractivity contribution in [2.45, 2.75) is 65.0 Å². The van der Waals surface area contributed by atoms with E-state index in [1.807, 2.05) is 13.8 Å². The van der Waals surface area contributed by atoms with Crippen LogP contribution in [0.5, 0.6) is 0 Å². The smallest absolute Gasteiger partial charge is 0.312 e. The maximum atomic E-state index is 12.2. The van der Waals surface area contributed by atoms with Crippen molar-refractivity contribution in [1.29, 1.82) is 0 Å². The van der Waals surface area contributed by atoms with Crippen molar-refractivity contribution in [2.24, 2.45) is 11.3 Å². The van der Waals surface area contributed by atoms with Gasteiger partial charge < -0.3 is 9.72 Å². The van der Waals surface area contributed by atoms with Gasteiger partial charge in [0, 0.05) is 18.0 Å². The summed E-state index contributed by atoms with van der Waals surface area (Å²) in [7, 11) is 0. The molecule has 24 heavy (non-hydrogen) atoms. The SMILES string of the molecule is CCC(C)(C(=O)OCCCCCCSc1nccc(=O)[nH]1)C(C)C. The molecule has 6 heteroatoms. The number of aromatic amines is 1. The largest absolute Gasteiger partial charge is 0.465 e. The maximum absolute atomic E-state index is 12.2. The second-order valence-corrected chi connectivity index (χ2v) is 7.65. The molecule has 1 aromatic rings. The first-order valence-electron chi connectivity index (χ1n) is 8.75. The first-order chi connectivity index (χ1) is 11.4. The van der Waals surface area contributed by atoms with Crippen LogP contribution in [-0.4, -0.2) is 28.3 Å². The molecule has 0 saturated heterocycles. The van der Waals surface area contributed by atoms with Gasteiger partial charge in [0.1, 0.15) is 0 Å². The van der Waals surface area contributed by atoms with Crippen LogP contribution in [0.25, 0.3) is 0 Å². The van der Waals surface area contributed by atoms with Gasteiger partial charge in [-0.1, -0.05) is 45.4 Å². The van der Waals surface area contributed by atoms with Gasteiger partial charge >= 0.3 is 5.97 Å². The maximum Gasteiger partial charge on any atom is 0.312 e. The van der Waals surface area contributed by atoms with Crippen LogP contribution in [0.15, 0.2) is 22.2 Å². The molecule has 1 unspecified atom stereocenters. The Hall–Kier alpha value is -1.30. The molecule has 0 amide bonds. The second-order valence-electron chi connectivity index (χ2n) is 6.56. The lowest BCUT2D eigenvalue weighted by atomic mass is 9.77. The molecule has 0 aliphatic carbocycles. The fourth-order valence-electron chi connectivity index (χ4n) is 2.27. The monoisotopic (exact) mass is 354 g/mol. The highest BCUT2D eigenvalue weighted by molar-refractivity contribution is 7.99. The molecule has 0 aliphatic heterocycles. The minimum absolute atomic E-state index is 0.0744. The summed E-state index contributed by atoms with van der Waals surface area (Å²) in [6.45, 7) is 8.66. The summed E-state index contributed by atoms with van der Waals surface area (Å²) in [5.41, 5.74) is -0.495. The molecule has 1 heterocycles. The van der Waals surface area contributed by atoms with Crippen molar-refractivity contribution in [3.63, 3.8) is 0 Å². The number of nitrogens with zero attached hydrogens (tertiary/aromatic N) is 1. The zero-order valence-corrected chi connectivity index (χ0v) is 16.1. The molecule has 0 spiro atoms. The standard InChI is InChI=1S/C18H30N2O3S/c1-5-18(4,14(2)3)16(22)23-12-8-6-7-9-13-24-17-19-11-10-15(21)20-17/h10-11,14H,5-9,12-13H2,1-4H3,(H,19,20,21). The number of carbonyl (C=O) groups excluding carboxylic acids is 1. The van der Waals surface area contributed by atoms with Gasteiger partial charge in [0.25, 0.3) is 5.56 Å². The number of aromatic nitrogens is 2. The number of esters is 1. The summed E-state index contributed by atoms with van der Waals surface area (Å²) in [6.07, 6.45) is 6.39. The Morgan fingerprint density at radius 1 is 1.33 bits per heavy atom. The topological polar surface area (TPSA) is 72.0 Å². The molecule has 0 radical (unpaired) electrons. The van der Waals surface area contributed by atoms with Gasteiger partial charge in [-0.15, -0.1) is 0 Å². The fraction of sp³-hybridized carbons (Fsp3) is 0.722. The number of ether oxygens (including phenoxy) is 1. The Labute approximate surface area is 149 Å². The number of thioether (sulfide) groups is 1. The number of nitrogens with one attached hydrogen (secondary N) is 1. The van der Waals surface area contributed by atoms with Crippen LogP contribution >= 0.6 is 11.8 Å².